The maximum absolute atomic E-state index is 14.9. The number of anilines is 3. The van der Waals surface area contributed by atoms with Crippen molar-refractivity contribution in [3.8, 4) is 11.3 Å². The van der Waals surface area contributed by atoms with Crippen LogP contribution in [0.1, 0.15) is 83.2 Å². The highest BCUT2D eigenvalue weighted by molar-refractivity contribution is 6.09. The second kappa shape index (κ2) is 13.8. The Morgan fingerprint density at radius 2 is 1.72 bits per heavy atom. The van der Waals surface area contributed by atoms with Crippen LogP contribution in [0.2, 0.25) is 0 Å². The Morgan fingerprint density at radius 3 is 2.45 bits per heavy atom. The number of nitrogens with zero attached hydrogens (tertiary/aromatic N) is 6. The third kappa shape index (κ3) is 6.00. The molecule has 2 aromatic carbocycles. The van der Waals surface area contributed by atoms with Gasteiger partial charge < -0.3 is 29.9 Å². The Balaban J connectivity index is 1.07. The van der Waals surface area contributed by atoms with E-state index in [2.05, 4.69) is 57.0 Å². The molecule has 53 heavy (non-hydrogen) atoms. The van der Waals surface area contributed by atoms with Crippen molar-refractivity contribution < 1.29 is 14.0 Å². The zero-order chi connectivity index (χ0) is 36.3. The number of nitrogens with one attached hydrogen (secondary N) is 2. The molecule has 1 saturated carbocycles. The van der Waals surface area contributed by atoms with Gasteiger partial charge in [-0.1, -0.05) is 30.7 Å². The minimum Gasteiger partial charge on any atom is -0.342 e. The summed E-state index contributed by atoms with van der Waals surface area (Å²) in [5.74, 6) is 0.706. The molecule has 6 heterocycles. The fraction of sp³-hybridized carbons (Fsp3) is 0.524. The van der Waals surface area contributed by atoms with Crippen LogP contribution in [0, 0.1) is 11.7 Å². The van der Waals surface area contributed by atoms with Crippen LogP contribution in [-0.2, 0) is 15.0 Å². The molecule has 5 aliphatic rings. The molecule has 1 aliphatic carbocycles. The molecule has 2 aromatic heterocycles. The van der Waals surface area contributed by atoms with E-state index in [1.807, 2.05) is 17.3 Å². The van der Waals surface area contributed by atoms with E-state index < -0.39 is 5.41 Å². The number of rotatable bonds is 7. The van der Waals surface area contributed by atoms with E-state index in [9.17, 15) is 14.0 Å². The fourth-order valence-corrected chi connectivity index (χ4v) is 9.76. The van der Waals surface area contributed by atoms with Gasteiger partial charge >= 0.3 is 0 Å². The number of pyridine rings is 1. The van der Waals surface area contributed by atoms with Gasteiger partial charge in [-0.05, 0) is 121 Å². The summed E-state index contributed by atoms with van der Waals surface area (Å²) in [6, 6.07) is 15.8. The van der Waals surface area contributed by atoms with Crippen molar-refractivity contribution in [1.82, 2.24) is 29.7 Å². The van der Waals surface area contributed by atoms with Gasteiger partial charge in [-0.2, -0.15) is 0 Å². The fourth-order valence-electron chi connectivity index (χ4n) is 9.76. The van der Waals surface area contributed by atoms with Gasteiger partial charge in [0.25, 0.3) is 0 Å². The molecule has 0 unspecified atom stereocenters. The molecule has 2 N–H and O–H groups in total. The number of piperidine rings is 3. The van der Waals surface area contributed by atoms with E-state index in [1.54, 1.807) is 18.2 Å². The first-order valence-electron chi connectivity index (χ1n) is 19.9. The molecule has 11 heteroatoms. The summed E-state index contributed by atoms with van der Waals surface area (Å²) < 4.78 is 17.0. The molecule has 0 bridgehead atoms. The molecule has 4 aromatic rings. The Kier molecular flexibility index (Phi) is 8.97. The minimum atomic E-state index is -0.639. The number of carbonyl (C=O) groups is 2. The van der Waals surface area contributed by atoms with E-state index in [0.29, 0.717) is 49.2 Å². The second-order valence-corrected chi connectivity index (χ2v) is 16.3. The second-order valence-electron chi connectivity index (χ2n) is 16.3. The van der Waals surface area contributed by atoms with Crippen LogP contribution >= 0.6 is 0 Å². The van der Waals surface area contributed by atoms with E-state index in [1.165, 1.54) is 25.3 Å². The lowest BCUT2D eigenvalue weighted by Gasteiger charge is -2.48. The molecule has 4 aliphatic heterocycles. The van der Waals surface area contributed by atoms with E-state index in [0.717, 1.165) is 79.7 Å². The number of halogens is 1. The molecule has 3 saturated heterocycles. The van der Waals surface area contributed by atoms with E-state index >= 15 is 0 Å². The Morgan fingerprint density at radius 1 is 0.962 bits per heavy atom. The molecule has 1 spiro atoms. The number of amides is 2. The quantitative estimate of drug-likeness (QED) is 0.217. The van der Waals surface area contributed by atoms with Gasteiger partial charge in [0.15, 0.2) is 5.82 Å². The van der Waals surface area contributed by atoms with Crippen molar-refractivity contribution in [2.45, 2.75) is 95.2 Å². The summed E-state index contributed by atoms with van der Waals surface area (Å²) in [5, 5.41) is 6.65. The molecule has 10 nitrogen and oxygen atoms in total. The third-order valence-electron chi connectivity index (χ3n) is 12.9. The topological polar surface area (TPSA) is 98.6 Å². The molecular formula is C42H51FN8O2. The molecule has 4 fully saturated rings. The Bertz CT molecular complexity index is 2020. The molecule has 278 valence electrons. The van der Waals surface area contributed by atoms with Gasteiger partial charge in [-0.25, -0.2) is 14.4 Å². The summed E-state index contributed by atoms with van der Waals surface area (Å²) >= 11 is 0. The molecule has 2 amide bonds. The van der Waals surface area contributed by atoms with Crippen molar-refractivity contribution in [3.63, 3.8) is 0 Å². The zero-order valence-electron chi connectivity index (χ0n) is 31.0. The number of hydrogen-bond acceptors (Lipinski definition) is 7. The number of benzene rings is 2. The lowest BCUT2D eigenvalue weighted by Crippen LogP contribution is -2.58. The smallest absolute Gasteiger partial charge is 0.238 e. The summed E-state index contributed by atoms with van der Waals surface area (Å²) in [7, 11) is 0. The predicted molar refractivity (Wildman–Crippen MR) is 206 cm³/mol. The van der Waals surface area contributed by atoms with Gasteiger partial charge in [0.2, 0.25) is 11.8 Å². The first kappa shape index (κ1) is 34.4. The lowest BCUT2D eigenvalue weighted by atomic mass is 9.73. The predicted octanol–water partition coefficient (Wildman–Crippen LogP) is 6.79. The van der Waals surface area contributed by atoms with E-state index in [-0.39, 0.29) is 35.6 Å². The van der Waals surface area contributed by atoms with E-state index in [4.69, 9.17) is 9.97 Å². The number of carbonyl (C=O) groups excluding carboxylic acids is 2. The normalized spacial score (nSPS) is 23.5. The summed E-state index contributed by atoms with van der Waals surface area (Å²) in [6.45, 7) is 9.47. The highest BCUT2D eigenvalue weighted by Gasteiger charge is 2.56. The van der Waals surface area contributed by atoms with Gasteiger partial charge in [0.1, 0.15) is 11.3 Å². The number of fused-ring (bicyclic) bond motifs is 3. The average Bonchev–Trinajstić information content (AvgIpc) is 3.70. The van der Waals surface area contributed by atoms with Crippen LogP contribution in [0.4, 0.5) is 21.6 Å². The van der Waals surface area contributed by atoms with Gasteiger partial charge in [-0.3, -0.25) is 9.59 Å². The number of hydrogen-bond donors (Lipinski definition) is 2. The van der Waals surface area contributed by atoms with Crippen LogP contribution in [0.15, 0.2) is 54.9 Å². The number of imidazole rings is 1. The maximum Gasteiger partial charge on any atom is 0.238 e. The van der Waals surface area contributed by atoms with Crippen LogP contribution in [0.3, 0.4) is 0 Å². The SMILES string of the molecule is CC(C)n1cnc2cc(-c3ccc4c(c3)N([C@H]3C[C@@H](N5CCCCC5)C3)C(=O)C43CCN(C(=O)C4CCNCC4)CC3)nc(Nc3ccccc3F)c21. The largest absolute Gasteiger partial charge is 0.342 e. The van der Waals surface area contributed by atoms with Gasteiger partial charge in [0.05, 0.1) is 28.6 Å². The minimum absolute atomic E-state index is 0.0761. The van der Waals surface area contributed by atoms with Crippen LogP contribution in [-0.4, -0.2) is 87.5 Å². The van der Waals surface area contributed by atoms with Crippen molar-refractivity contribution in [3.05, 3.63) is 66.2 Å². The zero-order valence-corrected chi connectivity index (χ0v) is 31.0. The number of aromatic nitrogens is 3. The maximum atomic E-state index is 14.9. The standard InChI is InChI=1S/C42H51FN8O2/c1-27(2)50-26-45-36-25-35(47-39(38(36)50)46-34-9-5-4-8-33(34)43)29-10-11-32-37(22-29)51(31-23-30(24-31)48-18-6-3-7-19-48)41(53)42(32)14-20-49(21-15-42)40(52)28-12-16-44-17-13-28/h4-5,8-11,22,25-28,30-31,44H,3,6-7,12-21,23-24H2,1-2H3,(H,46,47)/t30-,31+. The van der Waals surface area contributed by atoms with Crippen molar-refractivity contribution >= 4 is 40.0 Å². The summed E-state index contributed by atoms with van der Waals surface area (Å²) in [4.78, 5) is 45.2. The van der Waals surface area contributed by atoms with Crippen LogP contribution in [0.5, 0.6) is 0 Å². The summed E-state index contributed by atoms with van der Waals surface area (Å²) in [6.07, 6.45) is 10.7. The van der Waals surface area contributed by atoms with Crippen molar-refractivity contribution in [2.24, 2.45) is 5.92 Å². The highest BCUT2D eigenvalue weighted by atomic mass is 19.1. The van der Waals surface area contributed by atoms with Crippen LogP contribution in [0.25, 0.3) is 22.3 Å². The molecule has 0 radical (unpaired) electrons. The number of likely N-dealkylation sites (tertiary alicyclic amines) is 2. The number of para-hydroxylation sites is 1. The third-order valence-corrected chi connectivity index (χ3v) is 12.9. The van der Waals surface area contributed by atoms with Crippen LogP contribution < -0.4 is 15.5 Å². The molecular weight excluding hydrogens is 668 g/mol. The Hall–Kier alpha value is -4.35. The Labute approximate surface area is 311 Å². The lowest BCUT2D eigenvalue weighted by molar-refractivity contribution is -0.140. The van der Waals surface area contributed by atoms with Crippen molar-refractivity contribution in [1.29, 1.82) is 0 Å². The molecule has 0 atom stereocenters. The monoisotopic (exact) mass is 718 g/mol. The average molecular weight is 719 g/mol. The van der Waals surface area contributed by atoms with Gasteiger partial charge in [0, 0.05) is 48.4 Å². The van der Waals surface area contributed by atoms with Crippen molar-refractivity contribution in [2.75, 3.05) is 49.5 Å². The first-order chi connectivity index (χ1) is 25.8. The summed E-state index contributed by atoms with van der Waals surface area (Å²) in [5.41, 5.74) is 4.95. The highest BCUT2D eigenvalue weighted by Crippen LogP contribution is 2.52. The molecule has 9 rings (SSSR count). The van der Waals surface area contributed by atoms with Gasteiger partial charge in [-0.15, -0.1) is 0 Å². The first-order valence-corrected chi connectivity index (χ1v) is 19.9.